The Balaban J connectivity index is 2.10. The molecule has 1 N–H and O–H groups in total. The summed E-state index contributed by atoms with van der Waals surface area (Å²) in [7, 11) is 1.52. The lowest BCUT2D eigenvalue weighted by molar-refractivity contribution is 0.0719. The minimum Gasteiger partial charge on any atom is -0.483 e. The number of benzene rings is 1. The number of anilines is 1. The largest absolute Gasteiger partial charge is 0.483 e. The quantitative estimate of drug-likeness (QED) is 0.843. The van der Waals surface area contributed by atoms with Crippen LogP contribution in [0.15, 0.2) is 6.07 Å². The number of rotatable bonds is 2. The molecule has 0 bridgehead atoms. The first-order valence-corrected chi connectivity index (χ1v) is 6.92. The molecule has 1 aromatic carbocycles. The summed E-state index contributed by atoms with van der Waals surface area (Å²) in [6.07, 6.45) is 0.152. The molecule has 2 atom stereocenters. The lowest BCUT2D eigenvalue weighted by Crippen LogP contribution is -2.52. The van der Waals surface area contributed by atoms with Crippen molar-refractivity contribution in [2.45, 2.75) is 18.6 Å². The monoisotopic (exact) mass is 302 g/mol. The molecule has 0 saturated carbocycles. The highest BCUT2D eigenvalue weighted by molar-refractivity contribution is 5.62. The van der Waals surface area contributed by atoms with E-state index in [-0.39, 0.29) is 24.1 Å². The van der Waals surface area contributed by atoms with Crippen LogP contribution in [0.25, 0.3) is 0 Å². The van der Waals surface area contributed by atoms with E-state index in [0.717, 1.165) is 0 Å². The molecule has 1 saturated heterocycles. The van der Waals surface area contributed by atoms with Crippen molar-refractivity contribution in [2.24, 2.45) is 0 Å². The number of hydrogen-bond donors (Lipinski definition) is 1. The van der Waals surface area contributed by atoms with Crippen molar-refractivity contribution >= 4 is 5.69 Å². The maximum Gasteiger partial charge on any atom is 0.186 e. The number of halogens is 3. The molecule has 0 aliphatic carbocycles. The zero-order chi connectivity index (χ0) is 15.0. The minimum absolute atomic E-state index is 0.0872. The van der Waals surface area contributed by atoms with E-state index in [1.807, 2.05) is 0 Å². The summed E-state index contributed by atoms with van der Waals surface area (Å²) >= 11 is 0. The highest BCUT2D eigenvalue weighted by atomic mass is 19.2. The number of fused-ring (bicyclic) bond motifs is 3. The van der Waals surface area contributed by atoms with Crippen molar-refractivity contribution in [3.8, 4) is 5.75 Å². The van der Waals surface area contributed by atoms with E-state index in [1.54, 1.807) is 4.90 Å². The zero-order valence-corrected chi connectivity index (χ0v) is 11.7. The molecular weight excluding hydrogens is 285 g/mol. The summed E-state index contributed by atoms with van der Waals surface area (Å²) in [6.45, 7) is 1.98. The fourth-order valence-electron chi connectivity index (χ4n) is 3.01. The maximum absolute atomic E-state index is 14.2. The Bertz CT molecular complexity index is 541. The lowest BCUT2D eigenvalue weighted by atomic mass is 10.1. The molecule has 0 spiro atoms. The molecule has 0 aromatic heterocycles. The van der Waals surface area contributed by atoms with Gasteiger partial charge >= 0.3 is 0 Å². The minimum atomic E-state index is -1.20. The van der Waals surface area contributed by atoms with E-state index < -0.39 is 23.6 Å². The molecule has 2 aliphatic rings. The van der Waals surface area contributed by atoms with Gasteiger partial charge in [0, 0.05) is 45.3 Å². The second-order valence-corrected chi connectivity index (χ2v) is 5.31. The second kappa shape index (κ2) is 5.73. The summed E-state index contributed by atoms with van der Waals surface area (Å²) in [6, 6.07) is 0.441. The van der Waals surface area contributed by atoms with E-state index in [1.165, 1.54) is 7.11 Å². The van der Waals surface area contributed by atoms with Crippen LogP contribution in [0.1, 0.15) is 6.42 Å². The SMILES string of the molecule is COC[C@@H]1C[C@@H]2CNCCN2c2c(F)c(F)cc(F)c2O1. The normalized spacial score (nSPS) is 24.9. The van der Waals surface area contributed by atoms with Crippen LogP contribution in [0.4, 0.5) is 18.9 Å². The Morgan fingerprint density at radius 3 is 2.95 bits per heavy atom. The number of ether oxygens (including phenoxy) is 2. The van der Waals surface area contributed by atoms with Crippen molar-refractivity contribution in [1.29, 1.82) is 0 Å². The number of hydrogen-bond acceptors (Lipinski definition) is 4. The van der Waals surface area contributed by atoms with E-state index >= 15 is 0 Å². The molecule has 0 unspecified atom stereocenters. The smallest absolute Gasteiger partial charge is 0.186 e. The van der Waals surface area contributed by atoms with Crippen molar-refractivity contribution < 1.29 is 22.6 Å². The molecule has 0 radical (unpaired) electrons. The summed E-state index contributed by atoms with van der Waals surface area (Å²) < 4.78 is 52.5. The summed E-state index contributed by atoms with van der Waals surface area (Å²) in [5, 5.41) is 3.21. The number of nitrogens with zero attached hydrogens (tertiary/aromatic N) is 1. The van der Waals surface area contributed by atoms with Crippen molar-refractivity contribution in [1.82, 2.24) is 5.32 Å². The van der Waals surface area contributed by atoms with Crippen molar-refractivity contribution in [3.05, 3.63) is 23.5 Å². The van der Waals surface area contributed by atoms with Crippen LogP contribution >= 0.6 is 0 Å². The fraction of sp³-hybridized carbons (Fsp3) is 0.571. The highest BCUT2D eigenvalue weighted by Gasteiger charge is 2.36. The number of piperazine rings is 1. The summed E-state index contributed by atoms with van der Waals surface area (Å²) in [5.74, 6) is -3.36. The van der Waals surface area contributed by atoms with Gasteiger partial charge in [-0.1, -0.05) is 0 Å². The fourth-order valence-corrected chi connectivity index (χ4v) is 3.01. The van der Waals surface area contributed by atoms with Gasteiger partial charge in [-0.15, -0.1) is 0 Å². The first-order valence-electron chi connectivity index (χ1n) is 6.92. The standard InChI is InChI=1S/C14H17F3N2O2/c1-20-7-9-4-8-6-18-2-3-19(8)13-12(17)10(15)5-11(16)14(13)21-9/h5,8-9,18H,2-4,6-7H2,1H3/t8-,9+/m1/s1. The number of nitrogens with one attached hydrogen (secondary N) is 1. The average molecular weight is 302 g/mol. The Morgan fingerprint density at radius 2 is 2.19 bits per heavy atom. The van der Waals surface area contributed by atoms with E-state index in [4.69, 9.17) is 9.47 Å². The molecule has 1 aromatic rings. The highest BCUT2D eigenvalue weighted by Crippen LogP contribution is 2.40. The van der Waals surface area contributed by atoms with Crippen molar-refractivity contribution in [3.63, 3.8) is 0 Å². The van der Waals surface area contributed by atoms with Gasteiger partial charge in [0.15, 0.2) is 23.2 Å². The molecule has 4 nitrogen and oxygen atoms in total. The lowest BCUT2D eigenvalue weighted by Gasteiger charge is -2.37. The molecule has 1 fully saturated rings. The van der Waals surface area contributed by atoms with Crippen LogP contribution < -0.4 is 15.0 Å². The second-order valence-electron chi connectivity index (χ2n) is 5.31. The molecule has 3 rings (SSSR count). The van der Waals surface area contributed by atoms with E-state index in [0.29, 0.717) is 32.1 Å². The molecular formula is C14H17F3N2O2. The van der Waals surface area contributed by atoms with Gasteiger partial charge in [0.1, 0.15) is 11.8 Å². The Kier molecular flexibility index (Phi) is 3.95. The summed E-state index contributed by atoms with van der Waals surface area (Å²) in [5.41, 5.74) is -0.113. The van der Waals surface area contributed by atoms with Gasteiger partial charge < -0.3 is 19.7 Å². The first-order chi connectivity index (χ1) is 10.1. The van der Waals surface area contributed by atoms with Crippen LogP contribution in [0.5, 0.6) is 5.75 Å². The van der Waals surface area contributed by atoms with Crippen LogP contribution in [-0.4, -0.2) is 45.5 Å². The van der Waals surface area contributed by atoms with Crippen LogP contribution in [0.3, 0.4) is 0 Å². The van der Waals surface area contributed by atoms with Gasteiger partial charge in [-0.2, -0.15) is 0 Å². The third kappa shape index (κ3) is 2.55. The molecule has 2 heterocycles. The third-order valence-electron chi connectivity index (χ3n) is 3.91. The molecule has 21 heavy (non-hydrogen) atoms. The maximum atomic E-state index is 14.2. The summed E-state index contributed by atoms with van der Waals surface area (Å²) in [4.78, 5) is 1.70. The molecule has 116 valence electrons. The van der Waals surface area contributed by atoms with Gasteiger partial charge in [-0.25, -0.2) is 13.2 Å². The predicted octanol–water partition coefficient (Wildman–Crippen LogP) is 1.68. The van der Waals surface area contributed by atoms with Crippen LogP contribution in [-0.2, 0) is 4.74 Å². The van der Waals surface area contributed by atoms with Crippen molar-refractivity contribution in [2.75, 3.05) is 38.3 Å². The third-order valence-corrected chi connectivity index (χ3v) is 3.91. The van der Waals surface area contributed by atoms with Gasteiger partial charge in [0.2, 0.25) is 0 Å². The van der Waals surface area contributed by atoms with Gasteiger partial charge in [-0.3, -0.25) is 0 Å². The van der Waals surface area contributed by atoms with Crippen LogP contribution in [0.2, 0.25) is 0 Å². The average Bonchev–Trinajstić information content (AvgIpc) is 2.62. The van der Waals surface area contributed by atoms with Gasteiger partial charge in [0.05, 0.1) is 6.61 Å². The Hall–Kier alpha value is -1.47. The van der Waals surface area contributed by atoms with E-state index in [2.05, 4.69) is 5.32 Å². The first kappa shape index (κ1) is 14.5. The Morgan fingerprint density at radius 1 is 1.38 bits per heavy atom. The van der Waals surface area contributed by atoms with Gasteiger partial charge in [0.25, 0.3) is 0 Å². The number of methoxy groups -OCH3 is 1. The molecule has 2 aliphatic heterocycles. The van der Waals surface area contributed by atoms with Gasteiger partial charge in [-0.05, 0) is 0 Å². The zero-order valence-electron chi connectivity index (χ0n) is 11.7. The molecule has 0 amide bonds. The molecule has 7 heteroatoms. The topological polar surface area (TPSA) is 33.7 Å². The Labute approximate surface area is 120 Å². The predicted molar refractivity (Wildman–Crippen MR) is 71.2 cm³/mol. The van der Waals surface area contributed by atoms with E-state index in [9.17, 15) is 13.2 Å². The van der Waals surface area contributed by atoms with Crippen LogP contribution in [0, 0.1) is 17.5 Å².